The average Bonchev–Trinajstić information content (AvgIpc) is 2.15. The maximum Gasteiger partial charge on any atom is 0.103 e. The lowest BCUT2D eigenvalue weighted by Crippen LogP contribution is -2.06. The standard InChI is InChI=1S/C7H9N5O/c1-5-7(10-3-2-9-5)6(13)4-11-12-8/h2-3,6,13H,4H2,1H3. The Balaban J connectivity index is 2.81. The van der Waals surface area contributed by atoms with Crippen LogP contribution >= 0.6 is 0 Å². The molecule has 1 atom stereocenters. The van der Waals surface area contributed by atoms with Crippen molar-refractivity contribution in [3.8, 4) is 0 Å². The van der Waals surface area contributed by atoms with Gasteiger partial charge in [-0.05, 0) is 12.5 Å². The van der Waals surface area contributed by atoms with Gasteiger partial charge in [-0.15, -0.1) is 0 Å². The van der Waals surface area contributed by atoms with Crippen molar-refractivity contribution in [2.75, 3.05) is 6.54 Å². The van der Waals surface area contributed by atoms with Gasteiger partial charge in [0, 0.05) is 17.3 Å². The molecule has 0 amide bonds. The molecule has 0 bridgehead atoms. The van der Waals surface area contributed by atoms with Gasteiger partial charge < -0.3 is 5.11 Å². The minimum Gasteiger partial charge on any atom is -0.387 e. The molecule has 13 heavy (non-hydrogen) atoms. The van der Waals surface area contributed by atoms with E-state index < -0.39 is 6.10 Å². The van der Waals surface area contributed by atoms with E-state index in [2.05, 4.69) is 20.0 Å². The van der Waals surface area contributed by atoms with Crippen molar-refractivity contribution >= 4 is 0 Å². The van der Waals surface area contributed by atoms with E-state index in [0.717, 1.165) is 0 Å². The third-order valence-electron chi connectivity index (χ3n) is 1.55. The van der Waals surface area contributed by atoms with E-state index in [1.165, 1.54) is 6.20 Å². The number of azide groups is 1. The summed E-state index contributed by atoms with van der Waals surface area (Å²) >= 11 is 0. The Hall–Kier alpha value is -1.65. The maximum atomic E-state index is 9.47. The molecule has 1 N–H and O–H groups in total. The Kier molecular flexibility index (Phi) is 3.19. The van der Waals surface area contributed by atoms with Crippen molar-refractivity contribution in [2.45, 2.75) is 13.0 Å². The number of aliphatic hydroxyl groups is 1. The molecular weight excluding hydrogens is 170 g/mol. The zero-order chi connectivity index (χ0) is 9.68. The van der Waals surface area contributed by atoms with Gasteiger partial charge in [0.25, 0.3) is 0 Å². The van der Waals surface area contributed by atoms with Gasteiger partial charge in [-0.2, -0.15) is 0 Å². The molecule has 1 unspecified atom stereocenters. The molecule has 0 spiro atoms. The van der Waals surface area contributed by atoms with Crippen molar-refractivity contribution in [1.82, 2.24) is 9.97 Å². The first-order valence-corrected chi connectivity index (χ1v) is 3.72. The van der Waals surface area contributed by atoms with Crippen molar-refractivity contribution in [3.63, 3.8) is 0 Å². The highest BCUT2D eigenvalue weighted by atomic mass is 16.3. The monoisotopic (exact) mass is 179 g/mol. The molecule has 0 saturated carbocycles. The van der Waals surface area contributed by atoms with E-state index >= 15 is 0 Å². The average molecular weight is 179 g/mol. The third kappa shape index (κ3) is 2.40. The van der Waals surface area contributed by atoms with E-state index in [4.69, 9.17) is 5.53 Å². The molecule has 1 heterocycles. The number of nitrogens with zero attached hydrogens (tertiary/aromatic N) is 5. The van der Waals surface area contributed by atoms with Gasteiger partial charge in [-0.3, -0.25) is 9.97 Å². The van der Waals surface area contributed by atoms with E-state index in [-0.39, 0.29) is 6.54 Å². The zero-order valence-electron chi connectivity index (χ0n) is 7.12. The fourth-order valence-corrected chi connectivity index (χ4v) is 0.946. The highest BCUT2D eigenvalue weighted by molar-refractivity contribution is 5.11. The molecule has 1 aromatic heterocycles. The second kappa shape index (κ2) is 4.39. The predicted molar refractivity (Wildman–Crippen MR) is 45.7 cm³/mol. The lowest BCUT2D eigenvalue weighted by Gasteiger charge is -2.07. The normalized spacial score (nSPS) is 11.8. The van der Waals surface area contributed by atoms with Crippen LogP contribution in [0.15, 0.2) is 17.5 Å². The molecule has 0 fully saturated rings. The van der Waals surface area contributed by atoms with Gasteiger partial charge in [-0.1, -0.05) is 5.11 Å². The first-order chi connectivity index (χ1) is 6.25. The van der Waals surface area contributed by atoms with Gasteiger partial charge >= 0.3 is 0 Å². The van der Waals surface area contributed by atoms with Crippen LogP contribution in [-0.2, 0) is 0 Å². The molecule has 0 saturated heterocycles. The minimum atomic E-state index is -0.871. The lowest BCUT2D eigenvalue weighted by atomic mass is 10.2. The molecule has 68 valence electrons. The Morgan fingerprint density at radius 1 is 1.62 bits per heavy atom. The predicted octanol–water partition coefficient (Wildman–Crippen LogP) is 1.13. The van der Waals surface area contributed by atoms with E-state index in [0.29, 0.717) is 11.4 Å². The van der Waals surface area contributed by atoms with Gasteiger partial charge in [0.05, 0.1) is 17.9 Å². The summed E-state index contributed by atoms with van der Waals surface area (Å²) in [4.78, 5) is 10.4. The number of hydrogen-bond donors (Lipinski definition) is 1. The molecule has 0 aliphatic heterocycles. The molecule has 0 aliphatic rings. The van der Waals surface area contributed by atoms with E-state index in [1.807, 2.05) is 0 Å². The Morgan fingerprint density at radius 3 is 2.92 bits per heavy atom. The van der Waals surface area contributed by atoms with Crippen LogP contribution in [0.2, 0.25) is 0 Å². The second-order valence-corrected chi connectivity index (χ2v) is 2.46. The van der Waals surface area contributed by atoms with Gasteiger partial charge in [0.15, 0.2) is 0 Å². The molecule has 0 aromatic carbocycles. The Labute approximate surface area is 74.9 Å². The summed E-state index contributed by atoms with van der Waals surface area (Å²) in [5, 5.41) is 12.7. The molecule has 1 aromatic rings. The Bertz CT molecular complexity index is 333. The molecule has 1 rings (SSSR count). The van der Waals surface area contributed by atoms with Crippen molar-refractivity contribution < 1.29 is 5.11 Å². The number of aryl methyl sites for hydroxylation is 1. The quantitative estimate of drug-likeness (QED) is 0.428. The largest absolute Gasteiger partial charge is 0.387 e. The van der Waals surface area contributed by atoms with Crippen LogP contribution in [-0.4, -0.2) is 21.6 Å². The maximum absolute atomic E-state index is 9.47. The van der Waals surface area contributed by atoms with Crippen LogP contribution < -0.4 is 0 Å². The van der Waals surface area contributed by atoms with Crippen LogP contribution in [0.1, 0.15) is 17.5 Å². The molecule has 6 heteroatoms. The molecule has 0 aliphatic carbocycles. The SMILES string of the molecule is Cc1nccnc1C(O)CN=[N+]=[N-]. The van der Waals surface area contributed by atoms with Crippen LogP contribution in [0.3, 0.4) is 0 Å². The first kappa shape index (κ1) is 9.44. The summed E-state index contributed by atoms with van der Waals surface area (Å²) in [6.45, 7) is 1.72. The number of rotatable bonds is 3. The fourth-order valence-electron chi connectivity index (χ4n) is 0.946. The van der Waals surface area contributed by atoms with Gasteiger partial charge in [0.1, 0.15) is 6.10 Å². The number of aromatic nitrogens is 2. The fraction of sp³-hybridized carbons (Fsp3) is 0.429. The molecular formula is C7H9N5O. The summed E-state index contributed by atoms with van der Waals surface area (Å²) < 4.78 is 0. The van der Waals surface area contributed by atoms with Gasteiger partial charge in [0.2, 0.25) is 0 Å². The summed E-state index contributed by atoms with van der Waals surface area (Å²) in [6, 6.07) is 0. The highest BCUT2D eigenvalue weighted by Gasteiger charge is 2.10. The molecule has 6 nitrogen and oxygen atoms in total. The summed E-state index contributed by atoms with van der Waals surface area (Å²) in [5.41, 5.74) is 9.14. The topological polar surface area (TPSA) is 94.8 Å². The third-order valence-corrected chi connectivity index (χ3v) is 1.55. The van der Waals surface area contributed by atoms with Gasteiger partial charge in [-0.25, -0.2) is 0 Å². The Morgan fingerprint density at radius 2 is 2.31 bits per heavy atom. The highest BCUT2D eigenvalue weighted by Crippen LogP contribution is 2.12. The lowest BCUT2D eigenvalue weighted by molar-refractivity contribution is 0.180. The van der Waals surface area contributed by atoms with Crippen molar-refractivity contribution in [1.29, 1.82) is 0 Å². The van der Waals surface area contributed by atoms with Crippen molar-refractivity contribution in [2.24, 2.45) is 5.11 Å². The van der Waals surface area contributed by atoms with E-state index in [9.17, 15) is 5.11 Å². The summed E-state index contributed by atoms with van der Waals surface area (Å²) in [7, 11) is 0. The summed E-state index contributed by atoms with van der Waals surface area (Å²) in [6.07, 6.45) is 2.16. The van der Waals surface area contributed by atoms with Crippen molar-refractivity contribution in [3.05, 3.63) is 34.2 Å². The smallest absolute Gasteiger partial charge is 0.103 e. The molecule has 0 radical (unpaired) electrons. The number of hydrogen-bond acceptors (Lipinski definition) is 4. The zero-order valence-corrected chi connectivity index (χ0v) is 7.12. The second-order valence-electron chi connectivity index (χ2n) is 2.46. The van der Waals surface area contributed by atoms with Crippen LogP contribution in [0, 0.1) is 6.92 Å². The number of aliphatic hydroxyl groups excluding tert-OH is 1. The summed E-state index contributed by atoms with van der Waals surface area (Å²) in [5.74, 6) is 0. The van der Waals surface area contributed by atoms with E-state index in [1.54, 1.807) is 13.1 Å². The first-order valence-electron chi connectivity index (χ1n) is 3.72. The van der Waals surface area contributed by atoms with Crippen LogP contribution in [0.4, 0.5) is 0 Å². The van der Waals surface area contributed by atoms with Crippen LogP contribution in [0.25, 0.3) is 10.4 Å². The minimum absolute atomic E-state index is 0.0178. The van der Waals surface area contributed by atoms with Crippen LogP contribution in [0.5, 0.6) is 0 Å².